The van der Waals surface area contributed by atoms with Crippen molar-refractivity contribution in [2.45, 2.75) is 24.5 Å². The standard InChI is InChI=1S/C24H25N5O2S/c30-21(28-12-14-31-15-13-28)11-6-16-32-24-25-23-22(26-27-24)19-9-4-5-10-20(19)29(23)17-18-7-2-1-3-8-18/h1-5,7-10H,6,11-17H2. The topological polar surface area (TPSA) is 73.1 Å². The van der Waals surface area contributed by atoms with Gasteiger partial charge >= 0.3 is 0 Å². The van der Waals surface area contributed by atoms with Gasteiger partial charge in [0.2, 0.25) is 11.1 Å². The summed E-state index contributed by atoms with van der Waals surface area (Å²) in [5.74, 6) is 0.980. The minimum atomic E-state index is 0.200. The molecule has 0 bridgehead atoms. The van der Waals surface area contributed by atoms with Crippen LogP contribution >= 0.6 is 11.8 Å². The van der Waals surface area contributed by atoms with Crippen LogP contribution in [0.5, 0.6) is 0 Å². The van der Waals surface area contributed by atoms with E-state index >= 15 is 0 Å². The molecule has 8 heteroatoms. The highest BCUT2D eigenvalue weighted by molar-refractivity contribution is 7.99. The second-order valence-corrected chi connectivity index (χ2v) is 8.86. The molecule has 5 rings (SSSR count). The lowest BCUT2D eigenvalue weighted by atomic mass is 10.2. The number of hydrogen-bond acceptors (Lipinski definition) is 6. The van der Waals surface area contributed by atoms with Crippen LogP contribution in [0.25, 0.3) is 22.1 Å². The van der Waals surface area contributed by atoms with Crippen molar-refractivity contribution < 1.29 is 9.53 Å². The number of carbonyl (C=O) groups excluding carboxylic acids is 1. The molecule has 0 atom stereocenters. The Kier molecular flexibility index (Phi) is 6.31. The van der Waals surface area contributed by atoms with E-state index in [1.807, 2.05) is 23.1 Å². The van der Waals surface area contributed by atoms with E-state index in [2.05, 4.69) is 51.2 Å². The predicted molar refractivity (Wildman–Crippen MR) is 126 cm³/mol. The summed E-state index contributed by atoms with van der Waals surface area (Å²) in [6, 6.07) is 18.6. The molecule has 2 aromatic carbocycles. The SMILES string of the molecule is O=C(CCCSc1nnc2c3ccccc3n(Cc3ccccc3)c2n1)N1CCOCC1. The van der Waals surface area contributed by atoms with E-state index in [9.17, 15) is 4.79 Å². The van der Waals surface area contributed by atoms with Gasteiger partial charge in [0, 0.05) is 37.2 Å². The zero-order valence-electron chi connectivity index (χ0n) is 17.8. The number of ether oxygens (including phenoxy) is 1. The highest BCUT2D eigenvalue weighted by Crippen LogP contribution is 2.28. The van der Waals surface area contributed by atoms with Crippen molar-refractivity contribution in [1.29, 1.82) is 0 Å². The third-order valence-electron chi connectivity index (χ3n) is 5.67. The molecule has 3 heterocycles. The lowest BCUT2D eigenvalue weighted by molar-refractivity contribution is -0.135. The van der Waals surface area contributed by atoms with E-state index in [4.69, 9.17) is 9.72 Å². The fourth-order valence-electron chi connectivity index (χ4n) is 4.03. The van der Waals surface area contributed by atoms with Crippen LogP contribution in [0.2, 0.25) is 0 Å². The Morgan fingerprint density at radius 3 is 2.62 bits per heavy atom. The first-order valence-electron chi connectivity index (χ1n) is 10.9. The minimum Gasteiger partial charge on any atom is -0.378 e. The second kappa shape index (κ2) is 9.67. The molecule has 1 saturated heterocycles. The Labute approximate surface area is 190 Å². The molecular formula is C24H25N5O2S. The average molecular weight is 448 g/mol. The smallest absolute Gasteiger partial charge is 0.222 e. The molecule has 1 aliphatic rings. The van der Waals surface area contributed by atoms with Gasteiger partial charge in [-0.05, 0) is 18.1 Å². The first-order valence-corrected chi connectivity index (χ1v) is 11.9. The molecule has 4 aromatic rings. The molecule has 1 fully saturated rings. The van der Waals surface area contributed by atoms with E-state index in [1.54, 1.807) is 11.8 Å². The zero-order valence-corrected chi connectivity index (χ0v) is 18.6. The third-order valence-corrected chi connectivity index (χ3v) is 6.59. The van der Waals surface area contributed by atoms with Gasteiger partial charge in [-0.25, -0.2) is 4.98 Å². The van der Waals surface area contributed by atoms with Gasteiger partial charge in [0.1, 0.15) is 5.52 Å². The average Bonchev–Trinajstić information content (AvgIpc) is 3.16. The minimum absolute atomic E-state index is 0.200. The van der Waals surface area contributed by atoms with E-state index in [1.165, 1.54) is 5.56 Å². The Morgan fingerprint density at radius 2 is 1.78 bits per heavy atom. The van der Waals surface area contributed by atoms with Gasteiger partial charge in [-0.1, -0.05) is 60.3 Å². The van der Waals surface area contributed by atoms with Crippen LogP contribution in [0.15, 0.2) is 59.8 Å². The molecule has 0 N–H and O–H groups in total. The number of nitrogens with zero attached hydrogens (tertiary/aromatic N) is 5. The largest absolute Gasteiger partial charge is 0.378 e. The Morgan fingerprint density at radius 1 is 1.00 bits per heavy atom. The van der Waals surface area contributed by atoms with Gasteiger partial charge in [0.25, 0.3) is 0 Å². The summed E-state index contributed by atoms with van der Waals surface area (Å²) in [4.78, 5) is 19.1. The summed E-state index contributed by atoms with van der Waals surface area (Å²) in [5.41, 5.74) is 3.98. The Hall–Kier alpha value is -2.97. The lowest BCUT2D eigenvalue weighted by Gasteiger charge is -2.26. The van der Waals surface area contributed by atoms with Crippen molar-refractivity contribution in [3.05, 3.63) is 60.2 Å². The summed E-state index contributed by atoms with van der Waals surface area (Å²) < 4.78 is 7.52. The van der Waals surface area contributed by atoms with Crippen LogP contribution in [0, 0.1) is 0 Å². The first kappa shape index (κ1) is 20.9. The summed E-state index contributed by atoms with van der Waals surface area (Å²) in [7, 11) is 0. The summed E-state index contributed by atoms with van der Waals surface area (Å²) in [6.07, 6.45) is 1.33. The number of aromatic nitrogens is 4. The van der Waals surface area contributed by atoms with E-state index in [-0.39, 0.29) is 5.91 Å². The fourth-order valence-corrected chi connectivity index (χ4v) is 4.75. The maximum Gasteiger partial charge on any atom is 0.222 e. The molecule has 7 nitrogen and oxygen atoms in total. The van der Waals surface area contributed by atoms with Gasteiger partial charge in [-0.15, -0.1) is 10.2 Å². The Balaban J connectivity index is 1.32. The van der Waals surface area contributed by atoms with Crippen molar-refractivity contribution in [1.82, 2.24) is 24.6 Å². The number of para-hydroxylation sites is 1. The number of hydrogen-bond donors (Lipinski definition) is 0. The van der Waals surface area contributed by atoms with E-state index in [0.29, 0.717) is 37.9 Å². The maximum absolute atomic E-state index is 12.3. The highest BCUT2D eigenvalue weighted by Gasteiger charge is 2.17. The number of thioether (sulfide) groups is 1. The quantitative estimate of drug-likeness (QED) is 0.317. The van der Waals surface area contributed by atoms with Crippen LogP contribution in [0.1, 0.15) is 18.4 Å². The van der Waals surface area contributed by atoms with Crippen molar-refractivity contribution in [3.8, 4) is 0 Å². The predicted octanol–water partition coefficient (Wildman–Crippen LogP) is 3.76. The fraction of sp³-hybridized carbons (Fsp3) is 0.333. The Bertz CT molecular complexity index is 1220. The molecule has 1 amide bonds. The summed E-state index contributed by atoms with van der Waals surface area (Å²) in [5, 5.41) is 10.6. The first-order chi connectivity index (χ1) is 15.8. The molecule has 1 aliphatic heterocycles. The van der Waals surface area contributed by atoms with Crippen LogP contribution in [0.4, 0.5) is 0 Å². The van der Waals surface area contributed by atoms with Gasteiger partial charge in [-0.3, -0.25) is 4.79 Å². The number of rotatable bonds is 7. The number of amides is 1. The van der Waals surface area contributed by atoms with Crippen molar-refractivity contribution in [2.24, 2.45) is 0 Å². The molecule has 0 aliphatic carbocycles. The van der Waals surface area contributed by atoms with Gasteiger partial charge in [-0.2, -0.15) is 0 Å². The van der Waals surface area contributed by atoms with Crippen LogP contribution in [-0.2, 0) is 16.1 Å². The monoisotopic (exact) mass is 447 g/mol. The zero-order chi connectivity index (χ0) is 21.8. The molecular weight excluding hydrogens is 422 g/mol. The summed E-state index contributed by atoms with van der Waals surface area (Å²) >= 11 is 1.56. The highest BCUT2D eigenvalue weighted by atomic mass is 32.2. The number of fused-ring (bicyclic) bond motifs is 3. The van der Waals surface area contributed by atoms with Crippen LogP contribution < -0.4 is 0 Å². The second-order valence-electron chi connectivity index (χ2n) is 7.80. The summed E-state index contributed by atoms with van der Waals surface area (Å²) in [6.45, 7) is 3.39. The van der Waals surface area contributed by atoms with E-state index < -0.39 is 0 Å². The van der Waals surface area contributed by atoms with Gasteiger partial charge in [0.15, 0.2) is 5.65 Å². The molecule has 0 saturated carbocycles. The molecule has 0 unspecified atom stereocenters. The molecule has 0 radical (unpaired) electrons. The van der Waals surface area contributed by atoms with Crippen LogP contribution in [0.3, 0.4) is 0 Å². The molecule has 0 spiro atoms. The molecule has 164 valence electrons. The van der Waals surface area contributed by atoms with Crippen molar-refractivity contribution >= 4 is 39.7 Å². The van der Waals surface area contributed by atoms with Gasteiger partial charge in [0.05, 0.1) is 18.7 Å². The van der Waals surface area contributed by atoms with Crippen molar-refractivity contribution in [3.63, 3.8) is 0 Å². The van der Waals surface area contributed by atoms with Gasteiger partial charge < -0.3 is 14.2 Å². The number of morpholine rings is 1. The maximum atomic E-state index is 12.3. The molecule has 2 aromatic heterocycles. The number of benzene rings is 2. The number of carbonyl (C=O) groups is 1. The van der Waals surface area contributed by atoms with E-state index in [0.717, 1.165) is 40.8 Å². The lowest BCUT2D eigenvalue weighted by Crippen LogP contribution is -2.40. The third kappa shape index (κ3) is 4.47. The van der Waals surface area contributed by atoms with Crippen LogP contribution in [-0.4, -0.2) is 62.6 Å². The molecule has 32 heavy (non-hydrogen) atoms. The normalized spacial score (nSPS) is 14.3. The van der Waals surface area contributed by atoms with Crippen molar-refractivity contribution in [2.75, 3.05) is 32.1 Å².